The molecular formula is C2H6ClOPS. The van der Waals surface area contributed by atoms with Gasteiger partial charge in [0.15, 0.2) is 6.70 Å². The van der Waals surface area contributed by atoms with Crippen molar-refractivity contribution in [2.24, 2.45) is 0 Å². The summed E-state index contributed by atoms with van der Waals surface area (Å²) in [6, 6.07) is 0. The molecule has 0 aliphatic rings. The third-order valence-corrected chi connectivity index (χ3v) is 3.83. The van der Waals surface area contributed by atoms with Crippen LogP contribution in [0.2, 0.25) is 0 Å². The molecule has 4 heteroatoms. The van der Waals surface area contributed by atoms with Gasteiger partial charge in [0.25, 0.3) is 0 Å². The Balaban J connectivity index is 2.75. The molecule has 0 rings (SSSR count). The van der Waals surface area contributed by atoms with E-state index >= 15 is 0 Å². The molecule has 0 radical (unpaired) electrons. The number of hydrogen-bond acceptors (Lipinski definition) is 2. The Hall–Kier alpha value is 1.03. The molecule has 38 valence electrons. The SMILES string of the molecule is COP(Cl)SC. The van der Waals surface area contributed by atoms with Crippen LogP contribution >= 0.6 is 29.3 Å². The molecule has 0 aromatic rings. The Morgan fingerprint density at radius 3 is 2.33 bits per heavy atom. The molecule has 1 nitrogen and oxygen atoms in total. The van der Waals surface area contributed by atoms with E-state index in [0.29, 0.717) is 0 Å². The minimum Gasteiger partial charge on any atom is -0.339 e. The highest BCUT2D eigenvalue weighted by atomic mass is 35.7. The van der Waals surface area contributed by atoms with E-state index in [4.69, 9.17) is 15.8 Å². The van der Waals surface area contributed by atoms with Crippen molar-refractivity contribution in [1.82, 2.24) is 0 Å². The predicted molar refractivity (Wildman–Crippen MR) is 33.3 cm³/mol. The molecule has 0 heterocycles. The van der Waals surface area contributed by atoms with Gasteiger partial charge in [-0.25, -0.2) is 0 Å². The fourth-order valence-corrected chi connectivity index (χ4v) is 0.671. The van der Waals surface area contributed by atoms with Crippen molar-refractivity contribution < 1.29 is 4.52 Å². The molecule has 6 heavy (non-hydrogen) atoms. The van der Waals surface area contributed by atoms with Crippen LogP contribution in [-0.2, 0) is 4.52 Å². The van der Waals surface area contributed by atoms with E-state index in [1.165, 1.54) is 11.4 Å². The van der Waals surface area contributed by atoms with Gasteiger partial charge in [0.2, 0.25) is 0 Å². The third kappa shape index (κ3) is 3.23. The summed E-state index contributed by atoms with van der Waals surface area (Å²) in [6.07, 6.45) is 1.92. The summed E-state index contributed by atoms with van der Waals surface area (Å²) in [5.74, 6) is 0. The van der Waals surface area contributed by atoms with E-state index in [1.54, 1.807) is 7.11 Å². The molecule has 0 saturated carbocycles. The molecule has 1 unspecified atom stereocenters. The smallest absolute Gasteiger partial charge is 0.187 e. The lowest BCUT2D eigenvalue weighted by molar-refractivity contribution is 0.481. The molecule has 0 saturated heterocycles. The molecule has 0 bridgehead atoms. The zero-order valence-electron chi connectivity index (χ0n) is 3.64. The van der Waals surface area contributed by atoms with E-state index < -0.39 is 6.70 Å². The molecule has 0 fully saturated rings. The first-order valence-corrected chi connectivity index (χ1v) is 5.35. The normalized spacial score (nSPS) is 14.5. The second-order valence-corrected chi connectivity index (χ2v) is 5.35. The first-order chi connectivity index (χ1) is 2.81. The quantitative estimate of drug-likeness (QED) is 0.551. The average molecular weight is 145 g/mol. The summed E-state index contributed by atoms with van der Waals surface area (Å²) in [5.41, 5.74) is 0. The van der Waals surface area contributed by atoms with Crippen molar-refractivity contribution in [2.75, 3.05) is 13.4 Å². The van der Waals surface area contributed by atoms with E-state index in [1.807, 2.05) is 6.26 Å². The van der Waals surface area contributed by atoms with E-state index in [9.17, 15) is 0 Å². The van der Waals surface area contributed by atoms with Gasteiger partial charge in [-0.1, -0.05) is 22.6 Å². The van der Waals surface area contributed by atoms with Crippen LogP contribution in [0.25, 0.3) is 0 Å². The van der Waals surface area contributed by atoms with Crippen LogP contribution in [0.5, 0.6) is 0 Å². The minimum absolute atomic E-state index is 0.687. The highest BCUT2D eigenvalue weighted by Crippen LogP contribution is 2.52. The van der Waals surface area contributed by atoms with Crippen LogP contribution in [0.3, 0.4) is 0 Å². The van der Waals surface area contributed by atoms with Crippen molar-refractivity contribution in [3.05, 3.63) is 0 Å². The van der Waals surface area contributed by atoms with Gasteiger partial charge in [-0.2, -0.15) is 0 Å². The Morgan fingerprint density at radius 1 is 1.83 bits per heavy atom. The second kappa shape index (κ2) is 4.20. The van der Waals surface area contributed by atoms with Crippen LogP contribution in [0.1, 0.15) is 0 Å². The number of rotatable bonds is 2. The van der Waals surface area contributed by atoms with E-state index in [0.717, 1.165) is 0 Å². The molecule has 0 amide bonds. The molecule has 0 N–H and O–H groups in total. The Kier molecular flexibility index (Phi) is 4.92. The van der Waals surface area contributed by atoms with Gasteiger partial charge < -0.3 is 4.52 Å². The predicted octanol–water partition coefficient (Wildman–Crippen LogP) is 2.46. The van der Waals surface area contributed by atoms with Crippen LogP contribution in [0.4, 0.5) is 0 Å². The van der Waals surface area contributed by atoms with Gasteiger partial charge in [-0.15, -0.1) is 0 Å². The zero-order valence-corrected chi connectivity index (χ0v) is 6.11. The molecular weight excluding hydrogens is 139 g/mol. The van der Waals surface area contributed by atoms with Gasteiger partial charge in [-0.3, -0.25) is 0 Å². The lowest BCUT2D eigenvalue weighted by Gasteiger charge is -1.96. The van der Waals surface area contributed by atoms with Crippen molar-refractivity contribution >= 4 is 29.3 Å². The van der Waals surface area contributed by atoms with Crippen molar-refractivity contribution in [3.8, 4) is 0 Å². The summed E-state index contributed by atoms with van der Waals surface area (Å²) < 4.78 is 4.69. The summed E-state index contributed by atoms with van der Waals surface area (Å²) in [7, 11) is 1.61. The monoisotopic (exact) mass is 144 g/mol. The first-order valence-electron chi connectivity index (χ1n) is 1.35. The molecule has 0 aliphatic carbocycles. The fourth-order valence-electron chi connectivity index (χ4n) is 0.0745. The van der Waals surface area contributed by atoms with Crippen LogP contribution in [-0.4, -0.2) is 13.4 Å². The molecule has 0 aromatic heterocycles. The maximum absolute atomic E-state index is 5.46. The maximum Gasteiger partial charge on any atom is 0.187 e. The van der Waals surface area contributed by atoms with Crippen LogP contribution in [0.15, 0.2) is 0 Å². The van der Waals surface area contributed by atoms with Crippen molar-refractivity contribution in [3.63, 3.8) is 0 Å². The summed E-state index contributed by atoms with van der Waals surface area (Å²) >= 11 is 6.99. The number of halogens is 1. The van der Waals surface area contributed by atoms with Crippen molar-refractivity contribution in [2.45, 2.75) is 0 Å². The molecule has 0 aromatic carbocycles. The topological polar surface area (TPSA) is 9.23 Å². The van der Waals surface area contributed by atoms with Crippen LogP contribution in [0, 0.1) is 0 Å². The summed E-state index contributed by atoms with van der Waals surface area (Å²) in [5, 5.41) is 0. The lowest BCUT2D eigenvalue weighted by Crippen LogP contribution is -1.57. The minimum atomic E-state index is -0.687. The Morgan fingerprint density at radius 2 is 2.33 bits per heavy atom. The zero-order chi connectivity index (χ0) is 4.99. The molecule has 0 aliphatic heterocycles. The summed E-state index contributed by atoms with van der Waals surface area (Å²) in [4.78, 5) is 0. The molecule has 1 atom stereocenters. The largest absolute Gasteiger partial charge is 0.339 e. The van der Waals surface area contributed by atoms with Gasteiger partial charge in [0.05, 0.1) is 0 Å². The van der Waals surface area contributed by atoms with Gasteiger partial charge in [-0.05, 0) is 6.26 Å². The average Bonchev–Trinajstić information content (AvgIpc) is 1.65. The van der Waals surface area contributed by atoms with Crippen LogP contribution < -0.4 is 0 Å². The standard InChI is InChI=1S/C2H6ClOPS/c1-4-5(3)6-2/h1-2H3. The lowest BCUT2D eigenvalue weighted by atomic mass is 11.8. The third-order valence-electron chi connectivity index (χ3n) is 0.287. The Labute approximate surface area is 47.8 Å². The number of hydrogen-bond donors (Lipinski definition) is 0. The maximum atomic E-state index is 5.46. The van der Waals surface area contributed by atoms with Gasteiger partial charge in [0, 0.05) is 7.11 Å². The van der Waals surface area contributed by atoms with Crippen molar-refractivity contribution in [1.29, 1.82) is 0 Å². The van der Waals surface area contributed by atoms with Gasteiger partial charge in [0.1, 0.15) is 0 Å². The summed E-state index contributed by atoms with van der Waals surface area (Å²) in [6.45, 7) is -0.687. The molecule has 0 spiro atoms. The second-order valence-electron chi connectivity index (χ2n) is 0.578. The Bertz CT molecular complexity index is 32.7. The van der Waals surface area contributed by atoms with E-state index in [2.05, 4.69) is 0 Å². The van der Waals surface area contributed by atoms with Gasteiger partial charge >= 0.3 is 0 Å². The first kappa shape index (κ1) is 7.03. The van der Waals surface area contributed by atoms with E-state index in [-0.39, 0.29) is 0 Å². The highest BCUT2D eigenvalue weighted by molar-refractivity contribution is 8.61. The highest BCUT2D eigenvalue weighted by Gasteiger charge is 1.93. The fraction of sp³-hybridized carbons (Fsp3) is 1.00.